The fourth-order valence-electron chi connectivity index (χ4n) is 1.14. The van der Waals surface area contributed by atoms with Crippen molar-refractivity contribution in [2.45, 2.75) is 40.7 Å². The van der Waals surface area contributed by atoms with Gasteiger partial charge in [-0.3, -0.25) is 0 Å². The van der Waals surface area contributed by atoms with Gasteiger partial charge in [0, 0.05) is 24.6 Å². The van der Waals surface area contributed by atoms with Crippen molar-refractivity contribution in [3.63, 3.8) is 0 Å². The Labute approximate surface area is 94.5 Å². The third-order valence-electron chi connectivity index (χ3n) is 2.06. The van der Waals surface area contributed by atoms with Crippen LogP contribution in [0, 0.1) is 5.41 Å². The molecule has 0 saturated carbocycles. The Bertz CT molecular complexity index is 147. The fourth-order valence-corrected chi connectivity index (χ4v) is 1.14. The molecular weight excluding hydrogens is 190 g/mol. The number of hydrogen-bond donors (Lipinski definition) is 1. The molecule has 0 amide bonds. The third-order valence-corrected chi connectivity index (χ3v) is 2.06. The van der Waals surface area contributed by atoms with Crippen molar-refractivity contribution in [2.24, 2.45) is 5.41 Å². The average molecular weight is 217 g/mol. The van der Waals surface area contributed by atoms with Gasteiger partial charge in [-0.25, -0.2) is 0 Å². The summed E-state index contributed by atoms with van der Waals surface area (Å²) in [5.41, 5.74) is 0.191. The van der Waals surface area contributed by atoms with Crippen LogP contribution < -0.4 is 5.32 Å². The molecule has 3 heteroatoms. The van der Waals surface area contributed by atoms with Crippen molar-refractivity contribution in [1.29, 1.82) is 0 Å². The molecule has 3 nitrogen and oxygen atoms in total. The molecule has 0 aromatic carbocycles. The van der Waals surface area contributed by atoms with Gasteiger partial charge in [0.1, 0.15) is 0 Å². The Balaban J connectivity index is 3.46. The minimum atomic E-state index is 0.191. The van der Waals surface area contributed by atoms with E-state index < -0.39 is 0 Å². The average Bonchev–Trinajstić information content (AvgIpc) is 2.15. The van der Waals surface area contributed by atoms with Crippen LogP contribution in [0.25, 0.3) is 0 Å². The lowest BCUT2D eigenvalue weighted by molar-refractivity contribution is 0.0175. The maximum absolute atomic E-state index is 5.57. The zero-order valence-corrected chi connectivity index (χ0v) is 10.9. The van der Waals surface area contributed by atoms with Gasteiger partial charge in [0.25, 0.3) is 0 Å². The van der Waals surface area contributed by atoms with E-state index in [-0.39, 0.29) is 5.41 Å². The van der Waals surface area contributed by atoms with Crippen LogP contribution in [-0.2, 0) is 9.47 Å². The van der Waals surface area contributed by atoms with E-state index in [2.05, 4.69) is 33.0 Å². The van der Waals surface area contributed by atoms with E-state index in [4.69, 9.17) is 9.47 Å². The van der Waals surface area contributed by atoms with Gasteiger partial charge < -0.3 is 14.8 Å². The Morgan fingerprint density at radius 2 is 1.73 bits per heavy atom. The van der Waals surface area contributed by atoms with Crippen molar-refractivity contribution >= 4 is 0 Å². The van der Waals surface area contributed by atoms with Crippen LogP contribution in [0.2, 0.25) is 0 Å². The predicted molar refractivity (Wildman–Crippen MR) is 64.2 cm³/mol. The fraction of sp³-hybridized carbons (Fsp3) is 1.00. The SMILES string of the molecule is CCOCCOCC(C)(C)CNC(C)C. The van der Waals surface area contributed by atoms with Crippen molar-refractivity contribution in [3.8, 4) is 0 Å². The molecule has 0 aliphatic carbocycles. The molecule has 0 fully saturated rings. The maximum atomic E-state index is 5.57. The highest BCUT2D eigenvalue weighted by molar-refractivity contribution is 4.72. The lowest BCUT2D eigenvalue weighted by Crippen LogP contribution is -2.36. The van der Waals surface area contributed by atoms with Gasteiger partial charge in [0.2, 0.25) is 0 Å². The molecule has 0 radical (unpaired) electrons. The first-order chi connectivity index (χ1) is 6.98. The highest BCUT2D eigenvalue weighted by Gasteiger charge is 2.17. The van der Waals surface area contributed by atoms with E-state index in [0.29, 0.717) is 19.3 Å². The monoisotopic (exact) mass is 217 g/mol. The van der Waals surface area contributed by atoms with Crippen LogP contribution in [0.1, 0.15) is 34.6 Å². The molecule has 0 atom stereocenters. The van der Waals surface area contributed by atoms with Gasteiger partial charge in [-0.15, -0.1) is 0 Å². The summed E-state index contributed by atoms with van der Waals surface area (Å²) in [6.45, 7) is 14.7. The van der Waals surface area contributed by atoms with Crippen LogP contribution in [0.15, 0.2) is 0 Å². The molecule has 0 spiro atoms. The molecule has 92 valence electrons. The Kier molecular flexibility index (Phi) is 8.02. The Hall–Kier alpha value is -0.120. The lowest BCUT2D eigenvalue weighted by atomic mass is 9.94. The standard InChI is InChI=1S/C12H27NO2/c1-6-14-7-8-15-10-12(4,5)9-13-11(2)3/h11,13H,6-10H2,1-5H3. The molecule has 1 N–H and O–H groups in total. The number of rotatable bonds is 9. The van der Waals surface area contributed by atoms with Gasteiger partial charge in [0.05, 0.1) is 19.8 Å². The Morgan fingerprint density at radius 1 is 1.13 bits per heavy atom. The quantitative estimate of drug-likeness (QED) is 0.600. The maximum Gasteiger partial charge on any atom is 0.0700 e. The first kappa shape index (κ1) is 14.9. The molecule has 0 aromatic rings. The van der Waals surface area contributed by atoms with Crippen LogP contribution in [-0.4, -0.2) is 39.0 Å². The van der Waals surface area contributed by atoms with Crippen molar-refractivity contribution in [2.75, 3.05) is 33.0 Å². The van der Waals surface area contributed by atoms with Gasteiger partial charge in [-0.1, -0.05) is 27.7 Å². The lowest BCUT2D eigenvalue weighted by Gasteiger charge is -2.26. The minimum absolute atomic E-state index is 0.191. The highest BCUT2D eigenvalue weighted by atomic mass is 16.5. The van der Waals surface area contributed by atoms with E-state index in [0.717, 1.165) is 19.8 Å². The second-order valence-corrected chi connectivity index (χ2v) is 4.95. The van der Waals surface area contributed by atoms with E-state index >= 15 is 0 Å². The molecule has 15 heavy (non-hydrogen) atoms. The molecule has 0 aliphatic rings. The van der Waals surface area contributed by atoms with Gasteiger partial charge in [-0.05, 0) is 6.92 Å². The third kappa shape index (κ3) is 10.2. The summed E-state index contributed by atoms with van der Waals surface area (Å²) < 4.78 is 10.8. The zero-order chi connectivity index (χ0) is 11.7. The van der Waals surface area contributed by atoms with Crippen molar-refractivity contribution in [3.05, 3.63) is 0 Å². The summed E-state index contributed by atoms with van der Waals surface area (Å²) >= 11 is 0. The summed E-state index contributed by atoms with van der Waals surface area (Å²) in [6.07, 6.45) is 0. The van der Waals surface area contributed by atoms with Crippen LogP contribution >= 0.6 is 0 Å². The molecule has 0 rings (SSSR count). The van der Waals surface area contributed by atoms with Gasteiger partial charge >= 0.3 is 0 Å². The second kappa shape index (κ2) is 8.08. The summed E-state index contributed by atoms with van der Waals surface area (Å²) in [5, 5.41) is 3.43. The minimum Gasteiger partial charge on any atom is -0.379 e. The number of nitrogens with one attached hydrogen (secondary N) is 1. The molecule has 0 saturated heterocycles. The zero-order valence-electron chi connectivity index (χ0n) is 10.9. The number of hydrogen-bond acceptors (Lipinski definition) is 3. The largest absolute Gasteiger partial charge is 0.379 e. The summed E-state index contributed by atoms with van der Waals surface area (Å²) in [7, 11) is 0. The van der Waals surface area contributed by atoms with E-state index in [1.807, 2.05) is 6.92 Å². The van der Waals surface area contributed by atoms with Gasteiger partial charge in [0.15, 0.2) is 0 Å². The first-order valence-corrected chi connectivity index (χ1v) is 5.87. The summed E-state index contributed by atoms with van der Waals surface area (Å²) in [6, 6.07) is 0.535. The van der Waals surface area contributed by atoms with E-state index in [9.17, 15) is 0 Å². The molecule has 0 heterocycles. The highest BCUT2D eigenvalue weighted by Crippen LogP contribution is 2.13. The molecule has 0 aliphatic heterocycles. The predicted octanol–water partition coefficient (Wildman–Crippen LogP) is 2.06. The van der Waals surface area contributed by atoms with E-state index in [1.54, 1.807) is 0 Å². The first-order valence-electron chi connectivity index (χ1n) is 5.87. The normalized spacial score (nSPS) is 12.4. The molecule has 0 bridgehead atoms. The van der Waals surface area contributed by atoms with Crippen molar-refractivity contribution < 1.29 is 9.47 Å². The van der Waals surface area contributed by atoms with Crippen LogP contribution in [0.3, 0.4) is 0 Å². The summed E-state index contributed by atoms with van der Waals surface area (Å²) in [5.74, 6) is 0. The second-order valence-electron chi connectivity index (χ2n) is 4.95. The molecule has 0 aromatic heterocycles. The molecule has 0 unspecified atom stereocenters. The van der Waals surface area contributed by atoms with E-state index in [1.165, 1.54) is 0 Å². The summed E-state index contributed by atoms with van der Waals surface area (Å²) in [4.78, 5) is 0. The Morgan fingerprint density at radius 3 is 2.27 bits per heavy atom. The number of ether oxygens (including phenoxy) is 2. The topological polar surface area (TPSA) is 30.5 Å². The van der Waals surface area contributed by atoms with Crippen molar-refractivity contribution in [1.82, 2.24) is 5.32 Å². The smallest absolute Gasteiger partial charge is 0.0700 e. The van der Waals surface area contributed by atoms with Gasteiger partial charge in [-0.2, -0.15) is 0 Å². The molecular formula is C12H27NO2. The van der Waals surface area contributed by atoms with Crippen LogP contribution in [0.4, 0.5) is 0 Å². The van der Waals surface area contributed by atoms with Crippen LogP contribution in [0.5, 0.6) is 0 Å².